The molecule has 2 aromatic heterocycles. The van der Waals surface area contributed by atoms with Gasteiger partial charge in [-0.1, -0.05) is 35.0 Å². The van der Waals surface area contributed by atoms with Crippen molar-refractivity contribution in [2.75, 3.05) is 5.75 Å². The van der Waals surface area contributed by atoms with Gasteiger partial charge in [0.2, 0.25) is 5.89 Å². The van der Waals surface area contributed by atoms with Crippen molar-refractivity contribution < 1.29 is 9.21 Å². The molecule has 0 radical (unpaired) electrons. The average molecular weight is 400 g/mol. The standard InChI is InChI=1S/C15H11Cl2N3O2S2/c1-8-18-10(6-23-8)5-14-19-20-15(22-14)24-7-13(21)9-2-3-11(16)12(17)4-9/h2-4,6H,5,7H2,1H3. The monoisotopic (exact) mass is 399 g/mol. The first kappa shape index (κ1) is 17.4. The lowest BCUT2D eigenvalue weighted by Crippen LogP contribution is -2.02. The molecule has 124 valence electrons. The number of hydrogen-bond donors (Lipinski definition) is 0. The van der Waals surface area contributed by atoms with Crippen molar-refractivity contribution in [3.8, 4) is 0 Å². The highest BCUT2D eigenvalue weighted by Gasteiger charge is 2.13. The maximum atomic E-state index is 12.2. The molecule has 0 N–H and O–H groups in total. The maximum absolute atomic E-state index is 12.2. The Balaban J connectivity index is 1.58. The van der Waals surface area contributed by atoms with Crippen LogP contribution in [0.25, 0.3) is 0 Å². The number of rotatable bonds is 6. The van der Waals surface area contributed by atoms with E-state index < -0.39 is 0 Å². The van der Waals surface area contributed by atoms with Gasteiger partial charge in [-0.2, -0.15) is 0 Å². The Bertz CT molecular complexity index is 879. The van der Waals surface area contributed by atoms with E-state index in [-0.39, 0.29) is 11.5 Å². The molecule has 0 saturated carbocycles. The zero-order valence-corrected chi connectivity index (χ0v) is 15.6. The minimum atomic E-state index is -0.0894. The number of benzene rings is 1. The van der Waals surface area contributed by atoms with Gasteiger partial charge in [0.05, 0.1) is 32.9 Å². The van der Waals surface area contributed by atoms with E-state index in [1.807, 2.05) is 12.3 Å². The summed E-state index contributed by atoms with van der Waals surface area (Å²) in [6, 6.07) is 4.79. The Kier molecular flexibility index (Phi) is 5.55. The number of carbonyl (C=O) groups excluding carboxylic acids is 1. The van der Waals surface area contributed by atoms with Crippen LogP contribution in [0.2, 0.25) is 10.0 Å². The Morgan fingerprint density at radius 1 is 1.29 bits per heavy atom. The van der Waals surface area contributed by atoms with Crippen molar-refractivity contribution in [3.63, 3.8) is 0 Å². The molecular weight excluding hydrogens is 389 g/mol. The first-order valence-electron chi connectivity index (χ1n) is 6.85. The normalized spacial score (nSPS) is 11.0. The van der Waals surface area contributed by atoms with E-state index >= 15 is 0 Å². The van der Waals surface area contributed by atoms with Gasteiger partial charge in [0.15, 0.2) is 5.78 Å². The number of hydrogen-bond acceptors (Lipinski definition) is 7. The van der Waals surface area contributed by atoms with Crippen molar-refractivity contribution in [1.29, 1.82) is 0 Å². The summed E-state index contributed by atoms with van der Waals surface area (Å²) in [5.74, 6) is 0.563. The number of aromatic nitrogens is 3. The van der Waals surface area contributed by atoms with Gasteiger partial charge in [0, 0.05) is 10.9 Å². The predicted molar refractivity (Wildman–Crippen MR) is 95.5 cm³/mol. The zero-order chi connectivity index (χ0) is 17.1. The van der Waals surface area contributed by atoms with Gasteiger partial charge in [0.25, 0.3) is 5.22 Å². The van der Waals surface area contributed by atoms with E-state index in [0.717, 1.165) is 10.7 Å². The van der Waals surface area contributed by atoms with Crippen LogP contribution < -0.4 is 0 Å². The largest absolute Gasteiger partial charge is 0.416 e. The Morgan fingerprint density at radius 2 is 2.12 bits per heavy atom. The van der Waals surface area contributed by atoms with Gasteiger partial charge < -0.3 is 4.42 Å². The second kappa shape index (κ2) is 7.65. The molecule has 24 heavy (non-hydrogen) atoms. The average Bonchev–Trinajstić information content (AvgIpc) is 3.17. The van der Waals surface area contributed by atoms with Crippen LogP contribution in [0, 0.1) is 6.92 Å². The number of thiazole rings is 1. The van der Waals surface area contributed by atoms with E-state index in [2.05, 4.69) is 15.2 Å². The van der Waals surface area contributed by atoms with Crippen LogP contribution in [-0.2, 0) is 6.42 Å². The molecule has 0 atom stereocenters. The summed E-state index contributed by atoms with van der Waals surface area (Å²) in [5.41, 5.74) is 1.39. The molecule has 0 aliphatic heterocycles. The van der Waals surface area contributed by atoms with E-state index in [1.54, 1.807) is 29.5 Å². The van der Waals surface area contributed by atoms with E-state index in [1.165, 1.54) is 11.8 Å². The molecule has 0 aliphatic carbocycles. The number of thioether (sulfide) groups is 1. The van der Waals surface area contributed by atoms with Gasteiger partial charge in [0.1, 0.15) is 0 Å². The Labute approximate surface area is 156 Å². The van der Waals surface area contributed by atoms with Gasteiger partial charge >= 0.3 is 0 Å². The van der Waals surface area contributed by atoms with Crippen LogP contribution in [0.5, 0.6) is 0 Å². The first-order valence-corrected chi connectivity index (χ1v) is 9.48. The van der Waals surface area contributed by atoms with E-state index in [4.69, 9.17) is 27.6 Å². The molecule has 0 unspecified atom stereocenters. The minimum Gasteiger partial charge on any atom is -0.416 e. The van der Waals surface area contributed by atoms with Crippen molar-refractivity contribution in [3.05, 3.63) is 55.8 Å². The Morgan fingerprint density at radius 3 is 2.83 bits per heavy atom. The van der Waals surface area contributed by atoms with Crippen LogP contribution in [0.4, 0.5) is 0 Å². The lowest BCUT2D eigenvalue weighted by Gasteiger charge is -2.01. The number of ketones is 1. The fourth-order valence-corrected chi connectivity index (χ4v) is 3.48. The summed E-state index contributed by atoms with van der Waals surface area (Å²) in [6.45, 7) is 1.94. The molecule has 0 saturated heterocycles. The van der Waals surface area contributed by atoms with Crippen molar-refractivity contribution in [1.82, 2.24) is 15.2 Å². The molecule has 9 heteroatoms. The molecule has 3 aromatic rings. The molecule has 2 heterocycles. The third kappa shape index (κ3) is 4.36. The van der Waals surface area contributed by atoms with Gasteiger partial charge in [-0.05, 0) is 25.1 Å². The van der Waals surface area contributed by atoms with E-state index in [0.29, 0.717) is 33.1 Å². The topological polar surface area (TPSA) is 68.9 Å². The molecule has 0 amide bonds. The van der Waals surface area contributed by atoms with Crippen LogP contribution in [0.3, 0.4) is 0 Å². The smallest absolute Gasteiger partial charge is 0.277 e. The fourth-order valence-electron chi connectivity index (χ4n) is 1.89. The molecular formula is C15H11Cl2N3O2S2. The molecule has 0 fully saturated rings. The van der Waals surface area contributed by atoms with Crippen molar-refractivity contribution in [2.24, 2.45) is 0 Å². The van der Waals surface area contributed by atoms with Crippen LogP contribution in [0.15, 0.2) is 33.2 Å². The first-order chi connectivity index (χ1) is 11.5. The van der Waals surface area contributed by atoms with Crippen LogP contribution in [-0.4, -0.2) is 26.7 Å². The minimum absolute atomic E-state index is 0.0894. The number of nitrogens with zero attached hydrogens (tertiary/aromatic N) is 3. The fraction of sp³-hybridized carbons (Fsp3) is 0.200. The van der Waals surface area contributed by atoms with Gasteiger partial charge in [-0.25, -0.2) is 4.98 Å². The highest BCUT2D eigenvalue weighted by molar-refractivity contribution is 7.99. The summed E-state index contributed by atoms with van der Waals surface area (Å²) < 4.78 is 5.53. The number of carbonyl (C=O) groups is 1. The molecule has 0 aliphatic rings. The third-order valence-electron chi connectivity index (χ3n) is 3.02. The second-order valence-corrected chi connectivity index (χ2v) is 7.64. The summed E-state index contributed by atoms with van der Waals surface area (Å²) in [4.78, 5) is 16.5. The van der Waals surface area contributed by atoms with Gasteiger partial charge in [-0.3, -0.25) is 4.79 Å². The highest BCUT2D eigenvalue weighted by atomic mass is 35.5. The molecule has 0 bridgehead atoms. The van der Waals surface area contributed by atoms with Crippen LogP contribution in [0.1, 0.15) is 27.0 Å². The van der Waals surface area contributed by atoms with Crippen molar-refractivity contribution >= 4 is 52.1 Å². The number of Topliss-reactive ketones (excluding diaryl/α,β-unsaturated/α-hetero) is 1. The summed E-state index contributed by atoms with van der Waals surface area (Å²) in [6.07, 6.45) is 0.485. The quantitative estimate of drug-likeness (QED) is 0.441. The predicted octanol–water partition coefficient (Wildman–Crippen LogP) is 4.71. The number of aryl methyl sites for hydroxylation is 1. The lowest BCUT2D eigenvalue weighted by molar-refractivity contribution is 0.102. The Hall–Kier alpha value is -1.41. The molecule has 1 aromatic carbocycles. The zero-order valence-electron chi connectivity index (χ0n) is 12.5. The highest BCUT2D eigenvalue weighted by Crippen LogP contribution is 2.24. The van der Waals surface area contributed by atoms with Crippen molar-refractivity contribution in [2.45, 2.75) is 18.6 Å². The molecule has 0 spiro atoms. The molecule has 5 nitrogen and oxygen atoms in total. The van der Waals surface area contributed by atoms with E-state index in [9.17, 15) is 4.79 Å². The number of halogens is 2. The third-order valence-corrected chi connectivity index (χ3v) is 5.40. The van der Waals surface area contributed by atoms with Gasteiger partial charge in [-0.15, -0.1) is 21.5 Å². The second-order valence-electron chi connectivity index (χ2n) is 4.84. The maximum Gasteiger partial charge on any atom is 0.277 e. The lowest BCUT2D eigenvalue weighted by atomic mass is 10.1. The van der Waals surface area contributed by atoms with Crippen LogP contribution >= 0.6 is 46.3 Å². The SMILES string of the molecule is Cc1nc(Cc2nnc(SCC(=O)c3ccc(Cl)c(Cl)c3)o2)cs1. The summed E-state index contributed by atoms with van der Waals surface area (Å²) >= 11 is 14.5. The summed E-state index contributed by atoms with van der Waals surface area (Å²) in [7, 11) is 0. The molecule has 3 rings (SSSR count). The summed E-state index contributed by atoms with van der Waals surface area (Å²) in [5, 5.41) is 12.0.